The van der Waals surface area contributed by atoms with Crippen LogP contribution in [-0.2, 0) is 11.3 Å². The summed E-state index contributed by atoms with van der Waals surface area (Å²) in [5, 5.41) is 2.92. The second-order valence-electron chi connectivity index (χ2n) is 6.62. The number of hydrogen-bond donors (Lipinski definition) is 1. The van der Waals surface area contributed by atoms with Gasteiger partial charge in [-0.3, -0.25) is 4.79 Å². The van der Waals surface area contributed by atoms with E-state index in [0.29, 0.717) is 25.4 Å². The molecular weight excluding hydrogens is 342 g/mol. The molecule has 1 N–H and O–H groups in total. The van der Waals surface area contributed by atoms with Crippen LogP contribution in [0.3, 0.4) is 0 Å². The first-order valence-electron chi connectivity index (χ1n) is 9.20. The van der Waals surface area contributed by atoms with Crippen molar-refractivity contribution in [2.75, 3.05) is 20.3 Å². The molecule has 1 amide bonds. The van der Waals surface area contributed by atoms with E-state index in [1.54, 1.807) is 13.2 Å². The highest BCUT2D eigenvalue weighted by Gasteiger charge is 2.13. The van der Waals surface area contributed by atoms with Crippen molar-refractivity contribution in [1.29, 1.82) is 0 Å². The smallest absolute Gasteiger partial charge is 0.251 e. The van der Waals surface area contributed by atoms with E-state index in [1.807, 2.05) is 44.2 Å². The summed E-state index contributed by atoms with van der Waals surface area (Å²) in [6.07, 6.45) is 0. The van der Waals surface area contributed by atoms with Gasteiger partial charge in [0.25, 0.3) is 5.91 Å². The third-order valence-electron chi connectivity index (χ3n) is 4.29. The Kier molecular flexibility index (Phi) is 7.67. The monoisotopic (exact) mass is 371 g/mol. The largest absolute Gasteiger partial charge is 0.493 e. The van der Waals surface area contributed by atoms with Crippen LogP contribution in [0.4, 0.5) is 0 Å². The molecule has 146 valence electrons. The molecule has 5 heteroatoms. The lowest BCUT2D eigenvalue weighted by Crippen LogP contribution is -2.35. The number of rotatable bonds is 9. The molecule has 0 aliphatic carbocycles. The summed E-state index contributed by atoms with van der Waals surface area (Å²) in [7, 11) is 1.61. The number of amides is 1. The summed E-state index contributed by atoms with van der Waals surface area (Å²) in [5.41, 5.74) is 3.81. The van der Waals surface area contributed by atoms with E-state index < -0.39 is 0 Å². The van der Waals surface area contributed by atoms with E-state index in [2.05, 4.69) is 19.2 Å². The molecule has 0 aliphatic rings. The fourth-order valence-electron chi connectivity index (χ4n) is 2.69. The van der Waals surface area contributed by atoms with Crippen LogP contribution in [0.5, 0.6) is 11.5 Å². The quantitative estimate of drug-likeness (QED) is 0.723. The predicted octanol–water partition coefficient (Wildman–Crippen LogP) is 4.05. The molecule has 2 aromatic carbocycles. The number of methoxy groups -OCH3 is 1. The van der Waals surface area contributed by atoms with Gasteiger partial charge in [-0.05, 0) is 69.2 Å². The fourth-order valence-corrected chi connectivity index (χ4v) is 2.69. The van der Waals surface area contributed by atoms with E-state index in [9.17, 15) is 4.79 Å². The molecule has 0 aromatic heterocycles. The maximum atomic E-state index is 12.5. The zero-order chi connectivity index (χ0) is 19.8. The summed E-state index contributed by atoms with van der Waals surface area (Å²) >= 11 is 0. The molecule has 0 unspecified atom stereocenters. The van der Waals surface area contributed by atoms with E-state index in [-0.39, 0.29) is 11.9 Å². The van der Waals surface area contributed by atoms with Gasteiger partial charge in [0.15, 0.2) is 0 Å². The number of hydrogen-bond acceptors (Lipinski definition) is 4. The molecule has 0 aliphatic heterocycles. The van der Waals surface area contributed by atoms with Crippen molar-refractivity contribution >= 4 is 5.91 Å². The number of carbonyl (C=O) groups is 1. The van der Waals surface area contributed by atoms with Gasteiger partial charge >= 0.3 is 0 Å². The molecule has 2 aromatic rings. The van der Waals surface area contributed by atoms with Crippen LogP contribution in [0.25, 0.3) is 0 Å². The molecule has 0 saturated heterocycles. The van der Waals surface area contributed by atoms with Crippen molar-refractivity contribution in [3.63, 3.8) is 0 Å². The molecule has 0 heterocycles. The second-order valence-corrected chi connectivity index (χ2v) is 6.62. The first-order valence-corrected chi connectivity index (χ1v) is 9.20. The van der Waals surface area contributed by atoms with Crippen LogP contribution in [0.1, 0.15) is 40.9 Å². The van der Waals surface area contributed by atoms with Gasteiger partial charge in [0.1, 0.15) is 18.1 Å². The fraction of sp³-hybridized carbons (Fsp3) is 0.409. The van der Waals surface area contributed by atoms with Gasteiger partial charge in [-0.15, -0.1) is 0 Å². The minimum Gasteiger partial charge on any atom is -0.493 e. The van der Waals surface area contributed by atoms with Crippen molar-refractivity contribution in [3.05, 3.63) is 58.7 Å². The van der Waals surface area contributed by atoms with Gasteiger partial charge in [0.2, 0.25) is 0 Å². The summed E-state index contributed by atoms with van der Waals surface area (Å²) < 4.78 is 16.7. The van der Waals surface area contributed by atoms with Crippen molar-refractivity contribution in [1.82, 2.24) is 5.32 Å². The molecule has 0 spiro atoms. The van der Waals surface area contributed by atoms with Gasteiger partial charge < -0.3 is 19.5 Å². The zero-order valence-corrected chi connectivity index (χ0v) is 16.8. The van der Waals surface area contributed by atoms with Crippen LogP contribution >= 0.6 is 0 Å². The SMILES string of the molecule is CCOc1ccc(C(=O)N[C@@H](C)COC)cc1COc1ccc(C)c(C)c1. The van der Waals surface area contributed by atoms with E-state index in [0.717, 1.165) is 17.1 Å². The van der Waals surface area contributed by atoms with Crippen molar-refractivity contribution < 1.29 is 19.0 Å². The van der Waals surface area contributed by atoms with Gasteiger partial charge in [-0.25, -0.2) is 0 Å². The minimum atomic E-state index is -0.143. The molecule has 27 heavy (non-hydrogen) atoms. The van der Waals surface area contributed by atoms with E-state index in [4.69, 9.17) is 14.2 Å². The average molecular weight is 371 g/mol. The highest BCUT2D eigenvalue weighted by atomic mass is 16.5. The standard InChI is InChI=1S/C22H29NO4/c1-6-26-21-10-8-18(22(24)23-17(4)13-25-5)12-19(21)14-27-20-9-7-15(2)16(3)11-20/h7-12,17H,6,13-14H2,1-5H3,(H,23,24)/t17-/m0/s1. The van der Waals surface area contributed by atoms with Crippen LogP contribution in [0.15, 0.2) is 36.4 Å². The lowest BCUT2D eigenvalue weighted by molar-refractivity contribution is 0.0905. The maximum absolute atomic E-state index is 12.5. The molecule has 2 rings (SSSR count). The highest BCUT2D eigenvalue weighted by molar-refractivity contribution is 5.94. The molecule has 1 atom stereocenters. The van der Waals surface area contributed by atoms with Crippen molar-refractivity contribution in [2.45, 2.75) is 40.3 Å². The number of benzene rings is 2. The third-order valence-corrected chi connectivity index (χ3v) is 4.29. The van der Waals surface area contributed by atoms with Gasteiger partial charge in [-0.1, -0.05) is 6.07 Å². The highest BCUT2D eigenvalue weighted by Crippen LogP contribution is 2.24. The second kappa shape index (κ2) is 9.97. The summed E-state index contributed by atoms with van der Waals surface area (Å²) in [5.74, 6) is 1.38. The molecule has 0 radical (unpaired) electrons. The number of carbonyl (C=O) groups excluding carboxylic acids is 1. The topological polar surface area (TPSA) is 56.8 Å². The van der Waals surface area contributed by atoms with Crippen LogP contribution < -0.4 is 14.8 Å². The molecular formula is C22H29NO4. The lowest BCUT2D eigenvalue weighted by Gasteiger charge is -2.16. The maximum Gasteiger partial charge on any atom is 0.251 e. The Morgan fingerprint density at radius 2 is 1.85 bits per heavy atom. The average Bonchev–Trinajstić information content (AvgIpc) is 2.64. The van der Waals surface area contributed by atoms with Gasteiger partial charge in [-0.2, -0.15) is 0 Å². The number of nitrogens with one attached hydrogen (secondary N) is 1. The third kappa shape index (κ3) is 6.00. The minimum absolute atomic E-state index is 0.0655. The number of ether oxygens (including phenoxy) is 3. The van der Waals surface area contributed by atoms with Crippen LogP contribution in [0.2, 0.25) is 0 Å². The van der Waals surface area contributed by atoms with E-state index in [1.165, 1.54) is 11.1 Å². The Labute approximate surface area is 161 Å². The summed E-state index contributed by atoms with van der Waals surface area (Å²) in [6, 6.07) is 11.3. The van der Waals surface area contributed by atoms with Gasteiger partial charge in [0, 0.05) is 24.3 Å². The van der Waals surface area contributed by atoms with Gasteiger partial charge in [0.05, 0.1) is 13.2 Å². The Balaban J connectivity index is 2.16. The lowest BCUT2D eigenvalue weighted by atomic mass is 10.1. The van der Waals surface area contributed by atoms with Crippen LogP contribution in [-0.4, -0.2) is 32.3 Å². The van der Waals surface area contributed by atoms with Crippen molar-refractivity contribution in [2.24, 2.45) is 0 Å². The molecule has 0 fully saturated rings. The molecule has 0 saturated carbocycles. The predicted molar refractivity (Wildman–Crippen MR) is 107 cm³/mol. The normalized spacial score (nSPS) is 11.7. The Morgan fingerprint density at radius 3 is 2.52 bits per heavy atom. The Hall–Kier alpha value is -2.53. The number of aryl methyl sites for hydroxylation is 2. The Morgan fingerprint density at radius 1 is 1.07 bits per heavy atom. The van der Waals surface area contributed by atoms with Crippen LogP contribution in [0, 0.1) is 13.8 Å². The first-order chi connectivity index (χ1) is 12.9. The van der Waals surface area contributed by atoms with E-state index >= 15 is 0 Å². The Bertz CT molecular complexity index is 773. The summed E-state index contributed by atoms with van der Waals surface area (Å²) in [6.45, 7) is 9.30. The molecule has 5 nitrogen and oxygen atoms in total. The first kappa shape index (κ1) is 20.8. The molecule has 0 bridgehead atoms. The van der Waals surface area contributed by atoms with Crippen molar-refractivity contribution in [3.8, 4) is 11.5 Å². The summed E-state index contributed by atoms with van der Waals surface area (Å²) in [4.78, 5) is 12.5. The zero-order valence-electron chi connectivity index (χ0n) is 16.8.